The molecule has 22 heavy (non-hydrogen) atoms. The SMILES string of the molecule is CC(C)c1nnc([C@H](C)NC(=O)Nc2cc(Cl)ccc2Cl)o1. The molecule has 0 saturated carbocycles. The summed E-state index contributed by atoms with van der Waals surface area (Å²) in [5.41, 5.74) is 0.423. The van der Waals surface area contributed by atoms with E-state index in [9.17, 15) is 4.79 Å². The van der Waals surface area contributed by atoms with Gasteiger partial charge in [0.05, 0.1) is 10.7 Å². The van der Waals surface area contributed by atoms with E-state index >= 15 is 0 Å². The molecule has 0 fully saturated rings. The lowest BCUT2D eigenvalue weighted by Gasteiger charge is -2.12. The summed E-state index contributed by atoms with van der Waals surface area (Å²) in [7, 11) is 0. The van der Waals surface area contributed by atoms with Crippen LogP contribution in [0.15, 0.2) is 22.6 Å². The highest BCUT2D eigenvalue weighted by Crippen LogP contribution is 2.25. The number of anilines is 1. The second-order valence-electron chi connectivity index (χ2n) is 5.08. The molecule has 0 aliphatic carbocycles. The van der Waals surface area contributed by atoms with Crippen molar-refractivity contribution in [2.75, 3.05) is 5.32 Å². The third kappa shape index (κ3) is 4.11. The molecule has 2 rings (SSSR count). The van der Waals surface area contributed by atoms with Crippen molar-refractivity contribution in [3.05, 3.63) is 40.0 Å². The van der Waals surface area contributed by atoms with Gasteiger partial charge in [0, 0.05) is 10.9 Å². The van der Waals surface area contributed by atoms with Crippen LogP contribution < -0.4 is 10.6 Å². The fourth-order valence-corrected chi connectivity index (χ4v) is 2.00. The first-order chi connectivity index (χ1) is 10.4. The minimum absolute atomic E-state index is 0.132. The van der Waals surface area contributed by atoms with Crippen molar-refractivity contribution in [1.29, 1.82) is 0 Å². The summed E-state index contributed by atoms with van der Waals surface area (Å²) in [5.74, 6) is 1.01. The fraction of sp³-hybridized carbons (Fsp3) is 0.357. The van der Waals surface area contributed by atoms with Crippen molar-refractivity contribution < 1.29 is 9.21 Å². The quantitative estimate of drug-likeness (QED) is 0.863. The Morgan fingerprint density at radius 3 is 2.50 bits per heavy atom. The van der Waals surface area contributed by atoms with Crippen LogP contribution in [-0.2, 0) is 0 Å². The molecule has 1 atom stereocenters. The lowest BCUT2D eigenvalue weighted by Crippen LogP contribution is -2.31. The zero-order chi connectivity index (χ0) is 16.3. The summed E-state index contributed by atoms with van der Waals surface area (Å²) >= 11 is 11.9. The molecule has 2 N–H and O–H groups in total. The fourth-order valence-electron chi connectivity index (χ4n) is 1.66. The van der Waals surface area contributed by atoms with Crippen molar-refractivity contribution in [2.45, 2.75) is 32.7 Å². The minimum atomic E-state index is -0.444. The molecule has 8 heteroatoms. The molecule has 0 spiro atoms. The van der Waals surface area contributed by atoms with Gasteiger partial charge in [-0.05, 0) is 25.1 Å². The van der Waals surface area contributed by atoms with Crippen molar-refractivity contribution >= 4 is 34.9 Å². The van der Waals surface area contributed by atoms with E-state index < -0.39 is 12.1 Å². The Labute approximate surface area is 138 Å². The number of amides is 2. The van der Waals surface area contributed by atoms with Crippen LogP contribution in [0.4, 0.5) is 10.5 Å². The van der Waals surface area contributed by atoms with Crippen LogP contribution >= 0.6 is 23.2 Å². The predicted octanol–water partition coefficient (Wildman–Crippen LogP) is 4.38. The van der Waals surface area contributed by atoms with Crippen LogP contribution in [-0.4, -0.2) is 16.2 Å². The van der Waals surface area contributed by atoms with Gasteiger partial charge < -0.3 is 15.1 Å². The zero-order valence-corrected chi connectivity index (χ0v) is 13.9. The van der Waals surface area contributed by atoms with Gasteiger partial charge in [-0.3, -0.25) is 0 Å². The maximum Gasteiger partial charge on any atom is 0.319 e. The van der Waals surface area contributed by atoms with E-state index in [1.165, 1.54) is 0 Å². The molecule has 0 bridgehead atoms. The Morgan fingerprint density at radius 1 is 1.18 bits per heavy atom. The number of hydrogen-bond donors (Lipinski definition) is 2. The van der Waals surface area contributed by atoms with Gasteiger partial charge in [0.2, 0.25) is 11.8 Å². The molecule has 0 aliphatic rings. The van der Waals surface area contributed by atoms with Gasteiger partial charge in [0.1, 0.15) is 6.04 Å². The first kappa shape index (κ1) is 16.6. The number of carbonyl (C=O) groups is 1. The average molecular weight is 343 g/mol. The van der Waals surface area contributed by atoms with Gasteiger partial charge in [-0.25, -0.2) is 4.79 Å². The standard InChI is InChI=1S/C14H16Cl2N4O2/c1-7(2)12-19-20-13(22-12)8(3)17-14(21)18-11-6-9(15)4-5-10(11)16/h4-8H,1-3H3,(H2,17,18,21)/t8-/m0/s1. The van der Waals surface area contributed by atoms with E-state index in [1.54, 1.807) is 25.1 Å². The number of nitrogens with zero attached hydrogens (tertiary/aromatic N) is 2. The summed E-state index contributed by atoms with van der Waals surface area (Å²) in [5, 5.41) is 14.0. The smallest absolute Gasteiger partial charge is 0.319 e. The lowest BCUT2D eigenvalue weighted by molar-refractivity contribution is 0.246. The summed E-state index contributed by atoms with van der Waals surface area (Å²) in [6, 6.07) is 3.94. The lowest BCUT2D eigenvalue weighted by atomic mass is 10.2. The van der Waals surface area contributed by atoms with Gasteiger partial charge in [-0.1, -0.05) is 37.0 Å². The Kier molecular flexibility index (Phi) is 5.26. The molecule has 0 saturated heterocycles. The van der Waals surface area contributed by atoms with E-state index in [2.05, 4.69) is 20.8 Å². The second-order valence-corrected chi connectivity index (χ2v) is 5.92. The van der Waals surface area contributed by atoms with Gasteiger partial charge >= 0.3 is 6.03 Å². The number of carbonyl (C=O) groups excluding carboxylic acids is 1. The zero-order valence-electron chi connectivity index (χ0n) is 12.4. The van der Waals surface area contributed by atoms with Crippen LogP contribution in [0.3, 0.4) is 0 Å². The highest BCUT2D eigenvalue weighted by molar-refractivity contribution is 6.35. The molecule has 6 nitrogen and oxygen atoms in total. The number of halogens is 2. The second kappa shape index (κ2) is 6.98. The van der Waals surface area contributed by atoms with Crippen LogP contribution in [0.1, 0.15) is 44.5 Å². The number of aromatic nitrogens is 2. The summed E-state index contributed by atoms with van der Waals surface area (Å²) < 4.78 is 5.49. The maximum absolute atomic E-state index is 12.0. The van der Waals surface area contributed by atoms with Crippen LogP contribution in [0.5, 0.6) is 0 Å². The molecular formula is C14H16Cl2N4O2. The topological polar surface area (TPSA) is 80.0 Å². The molecule has 0 radical (unpaired) electrons. The van der Waals surface area contributed by atoms with Crippen LogP contribution in [0, 0.1) is 0 Å². The first-order valence-electron chi connectivity index (χ1n) is 6.72. The number of urea groups is 1. The normalized spacial score (nSPS) is 12.3. The van der Waals surface area contributed by atoms with Crippen LogP contribution in [0.25, 0.3) is 0 Å². The van der Waals surface area contributed by atoms with E-state index in [-0.39, 0.29) is 5.92 Å². The van der Waals surface area contributed by atoms with Gasteiger partial charge in [0.15, 0.2) is 0 Å². The number of benzene rings is 1. The third-order valence-corrected chi connectivity index (χ3v) is 3.41. The largest absolute Gasteiger partial charge is 0.423 e. The molecule has 2 aromatic rings. The van der Waals surface area contributed by atoms with E-state index in [1.807, 2.05) is 13.8 Å². The van der Waals surface area contributed by atoms with Gasteiger partial charge in [-0.2, -0.15) is 0 Å². The number of rotatable bonds is 4. The molecular weight excluding hydrogens is 327 g/mol. The Bertz CT molecular complexity index is 673. The monoisotopic (exact) mass is 342 g/mol. The summed E-state index contributed by atoms with van der Waals surface area (Å²) in [6.07, 6.45) is 0. The summed E-state index contributed by atoms with van der Waals surface area (Å²) in [4.78, 5) is 12.0. The van der Waals surface area contributed by atoms with Crippen molar-refractivity contribution in [3.63, 3.8) is 0 Å². The van der Waals surface area contributed by atoms with Crippen molar-refractivity contribution in [1.82, 2.24) is 15.5 Å². The molecule has 2 amide bonds. The predicted molar refractivity (Wildman–Crippen MR) is 85.4 cm³/mol. The van der Waals surface area contributed by atoms with Crippen molar-refractivity contribution in [3.8, 4) is 0 Å². The molecule has 1 aromatic carbocycles. The third-order valence-electron chi connectivity index (χ3n) is 2.84. The first-order valence-corrected chi connectivity index (χ1v) is 7.48. The number of nitrogens with one attached hydrogen (secondary N) is 2. The molecule has 0 unspecified atom stereocenters. The van der Waals surface area contributed by atoms with Crippen LogP contribution in [0.2, 0.25) is 10.0 Å². The van der Waals surface area contributed by atoms with E-state index in [0.717, 1.165) is 0 Å². The average Bonchev–Trinajstić information content (AvgIpc) is 2.93. The van der Waals surface area contributed by atoms with Gasteiger partial charge in [-0.15, -0.1) is 10.2 Å². The summed E-state index contributed by atoms with van der Waals surface area (Å²) in [6.45, 7) is 5.64. The highest BCUT2D eigenvalue weighted by Gasteiger charge is 2.18. The molecule has 1 aromatic heterocycles. The molecule has 0 aliphatic heterocycles. The maximum atomic E-state index is 12.0. The van der Waals surface area contributed by atoms with Gasteiger partial charge in [0.25, 0.3) is 0 Å². The Hall–Kier alpha value is -1.79. The molecule has 118 valence electrons. The Morgan fingerprint density at radius 2 is 1.86 bits per heavy atom. The minimum Gasteiger partial charge on any atom is -0.423 e. The van der Waals surface area contributed by atoms with Crippen molar-refractivity contribution in [2.24, 2.45) is 0 Å². The number of hydrogen-bond acceptors (Lipinski definition) is 4. The van der Waals surface area contributed by atoms with E-state index in [4.69, 9.17) is 27.6 Å². The Balaban J connectivity index is 2.00. The molecule has 1 heterocycles. The highest BCUT2D eigenvalue weighted by atomic mass is 35.5. The van der Waals surface area contributed by atoms with E-state index in [0.29, 0.717) is 27.5 Å².